The first-order chi connectivity index (χ1) is 11.2. The highest BCUT2D eigenvalue weighted by atomic mass is 32.2. The molecular formula is C16H20N2O5S. The van der Waals surface area contributed by atoms with E-state index in [1.54, 1.807) is 0 Å². The molecule has 3 amide bonds. The minimum Gasteiger partial charge on any atom is -0.340 e. The maximum absolute atomic E-state index is 12.2. The van der Waals surface area contributed by atoms with E-state index in [-0.39, 0.29) is 40.9 Å². The van der Waals surface area contributed by atoms with Crippen molar-refractivity contribution >= 4 is 27.6 Å². The van der Waals surface area contributed by atoms with E-state index in [4.69, 9.17) is 0 Å². The molecule has 1 unspecified atom stereocenters. The molecule has 24 heavy (non-hydrogen) atoms. The van der Waals surface area contributed by atoms with Crippen molar-refractivity contribution < 1.29 is 22.8 Å². The molecule has 0 aliphatic carbocycles. The third-order valence-corrected chi connectivity index (χ3v) is 5.67. The van der Waals surface area contributed by atoms with Gasteiger partial charge >= 0.3 is 0 Å². The van der Waals surface area contributed by atoms with Crippen LogP contribution in [-0.4, -0.2) is 37.9 Å². The van der Waals surface area contributed by atoms with Crippen molar-refractivity contribution in [3.63, 3.8) is 0 Å². The van der Waals surface area contributed by atoms with Gasteiger partial charge in [0.05, 0.1) is 10.6 Å². The van der Waals surface area contributed by atoms with Crippen molar-refractivity contribution in [2.75, 3.05) is 5.75 Å². The van der Waals surface area contributed by atoms with Gasteiger partial charge in [-0.3, -0.25) is 19.7 Å². The van der Waals surface area contributed by atoms with Gasteiger partial charge < -0.3 is 5.32 Å². The fourth-order valence-corrected chi connectivity index (χ4v) is 4.04. The van der Waals surface area contributed by atoms with Crippen molar-refractivity contribution in [3.8, 4) is 0 Å². The van der Waals surface area contributed by atoms with Crippen molar-refractivity contribution in [3.05, 3.63) is 29.8 Å². The Morgan fingerprint density at radius 3 is 2.42 bits per heavy atom. The van der Waals surface area contributed by atoms with Crippen LogP contribution >= 0.6 is 0 Å². The molecule has 1 aromatic rings. The zero-order valence-electron chi connectivity index (χ0n) is 13.5. The van der Waals surface area contributed by atoms with E-state index in [1.807, 2.05) is 13.8 Å². The summed E-state index contributed by atoms with van der Waals surface area (Å²) in [6.45, 7) is 3.64. The van der Waals surface area contributed by atoms with Crippen molar-refractivity contribution in [1.82, 2.24) is 10.6 Å². The largest absolute Gasteiger partial charge is 0.340 e. The van der Waals surface area contributed by atoms with Gasteiger partial charge in [-0.15, -0.1) is 0 Å². The summed E-state index contributed by atoms with van der Waals surface area (Å²) in [6.07, 6.45) is 0.417. The summed E-state index contributed by atoms with van der Waals surface area (Å²) in [5.74, 6) is -1.34. The van der Waals surface area contributed by atoms with Gasteiger partial charge in [0.25, 0.3) is 5.91 Å². The van der Waals surface area contributed by atoms with Gasteiger partial charge in [0, 0.05) is 12.0 Å². The maximum atomic E-state index is 12.2. The van der Waals surface area contributed by atoms with Crippen LogP contribution in [-0.2, 0) is 19.4 Å². The third kappa shape index (κ3) is 4.41. The molecule has 0 bridgehead atoms. The summed E-state index contributed by atoms with van der Waals surface area (Å²) in [4.78, 5) is 35.0. The van der Waals surface area contributed by atoms with Crippen LogP contribution in [0.25, 0.3) is 0 Å². The standard InChI is InChI=1S/C16H20N2O5S/c1-10(2)9-24(22,23)12-5-3-11(4-6-12)15(20)17-13-7-8-14(19)18-16(13)21/h3-6,10,13H,7-9H2,1-2H3,(H,17,20)(H,18,19,21). The molecule has 1 heterocycles. The average molecular weight is 352 g/mol. The van der Waals surface area contributed by atoms with E-state index < -0.39 is 27.7 Å². The Balaban J connectivity index is 2.06. The highest BCUT2D eigenvalue weighted by Crippen LogP contribution is 2.15. The minimum atomic E-state index is -3.38. The first-order valence-electron chi connectivity index (χ1n) is 7.66. The predicted octanol–water partition coefficient (Wildman–Crippen LogP) is 0.651. The zero-order valence-corrected chi connectivity index (χ0v) is 14.4. The van der Waals surface area contributed by atoms with Crippen LogP contribution in [0, 0.1) is 5.92 Å². The van der Waals surface area contributed by atoms with Gasteiger partial charge in [0.1, 0.15) is 6.04 Å². The highest BCUT2D eigenvalue weighted by molar-refractivity contribution is 7.91. The normalized spacial score (nSPS) is 18.4. The molecule has 1 aromatic carbocycles. The lowest BCUT2D eigenvalue weighted by Gasteiger charge is -2.21. The number of carbonyl (C=O) groups is 3. The predicted molar refractivity (Wildman–Crippen MR) is 87.0 cm³/mol. The summed E-state index contributed by atoms with van der Waals surface area (Å²) in [5.41, 5.74) is 0.253. The summed E-state index contributed by atoms with van der Waals surface area (Å²) in [6, 6.07) is 4.83. The molecule has 1 atom stereocenters. The molecule has 0 radical (unpaired) electrons. The molecule has 1 aliphatic heterocycles. The SMILES string of the molecule is CC(C)CS(=O)(=O)c1ccc(C(=O)NC2CCC(=O)NC2=O)cc1. The molecule has 1 fully saturated rings. The van der Waals surface area contributed by atoms with Crippen LogP contribution in [0.1, 0.15) is 37.0 Å². The van der Waals surface area contributed by atoms with Crippen LogP contribution < -0.4 is 10.6 Å². The van der Waals surface area contributed by atoms with E-state index in [9.17, 15) is 22.8 Å². The fourth-order valence-electron chi connectivity index (χ4n) is 2.42. The lowest BCUT2D eigenvalue weighted by Crippen LogP contribution is -2.52. The van der Waals surface area contributed by atoms with Gasteiger partial charge in [0.2, 0.25) is 11.8 Å². The van der Waals surface area contributed by atoms with Gasteiger partial charge in [-0.05, 0) is 36.6 Å². The Morgan fingerprint density at radius 1 is 1.25 bits per heavy atom. The molecule has 2 N–H and O–H groups in total. The molecule has 0 aromatic heterocycles. The second-order valence-electron chi connectivity index (χ2n) is 6.18. The number of piperidine rings is 1. The Morgan fingerprint density at radius 2 is 1.88 bits per heavy atom. The number of hydrogen-bond acceptors (Lipinski definition) is 5. The van der Waals surface area contributed by atoms with Crippen molar-refractivity contribution in [2.45, 2.75) is 37.6 Å². The van der Waals surface area contributed by atoms with Gasteiger partial charge in [-0.25, -0.2) is 8.42 Å². The molecule has 0 spiro atoms. The van der Waals surface area contributed by atoms with E-state index >= 15 is 0 Å². The second kappa shape index (κ2) is 7.12. The molecule has 8 heteroatoms. The smallest absolute Gasteiger partial charge is 0.251 e. The van der Waals surface area contributed by atoms with E-state index in [1.165, 1.54) is 24.3 Å². The average Bonchev–Trinajstić information content (AvgIpc) is 2.49. The molecule has 1 saturated heterocycles. The lowest BCUT2D eigenvalue weighted by atomic mass is 10.1. The van der Waals surface area contributed by atoms with Crippen LogP contribution in [0.2, 0.25) is 0 Å². The van der Waals surface area contributed by atoms with Gasteiger partial charge in [-0.1, -0.05) is 13.8 Å². The molecular weight excluding hydrogens is 332 g/mol. The van der Waals surface area contributed by atoms with E-state index in [2.05, 4.69) is 10.6 Å². The Hall–Kier alpha value is -2.22. The van der Waals surface area contributed by atoms with Gasteiger partial charge in [-0.2, -0.15) is 0 Å². The van der Waals surface area contributed by atoms with Crippen molar-refractivity contribution in [1.29, 1.82) is 0 Å². The Kier molecular flexibility index (Phi) is 5.38. The molecule has 1 aliphatic rings. The number of sulfone groups is 1. The summed E-state index contributed by atoms with van der Waals surface area (Å²) < 4.78 is 24.3. The molecule has 7 nitrogen and oxygen atoms in total. The van der Waals surface area contributed by atoms with Crippen LogP contribution in [0.15, 0.2) is 29.2 Å². The highest BCUT2D eigenvalue weighted by Gasteiger charge is 2.28. The van der Waals surface area contributed by atoms with Crippen LogP contribution in [0.5, 0.6) is 0 Å². The number of carbonyl (C=O) groups excluding carboxylic acids is 3. The van der Waals surface area contributed by atoms with E-state index in [0.717, 1.165) is 0 Å². The van der Waals surface area contributed by atoms with Gasteiger partial charge in [0.15, 0.2) is 9.84 Å². The second-order valence-corrected chi connectivity index (χ2v) is 8.21. The molecule has 2 rings (SSSR count). The number of imide groups is 1. The number of amides is 3. The zero-order chi connectivity index (χ0) is 17.9. The number of benzene rings is 1. The van der Waals surface area contributed by atoms with Crippen molar-refractivity contribution in [2.24, 2.45) is 5.92 Å². The topological polar surface area (TPSA) is 109 Å². The van der Waals surface area contributed by atoms with Crippen LogP contribution in [0.4, 0.5) is 0 Å². The Bertz CT molecular complexity index is 753. The summed E-state index contributed by atoms with van der Waals surface area (Å²) >= 11 is 0. The molecule has 130 valence electrons. The van der Waals surface area contributed by atoms with Crippen LogP contribution in [0.3, 0.4) is 0 Å². The summed E-state index contributed by atoms with van der Waals surface area (Å²) in [7, 11) is -3.38. The monoisotopic (exact) mass is 352 g/mol. The fraction of sp³-hybridized carbons (Fsp3) is 0.438. The lowest BCUT2D eigenvalue weighted by molar-refractivity contribution is -0.134. The minimum absolute atomic E-state index is 0.00509. The maximum Gasteiger partial charge on any atom is 0.251 e. The number of hydrogen-bond donors (Lipinski definition) is 2. The first kappa shape index (κ1) is 18.1. The first-order valence-corrected chi connectivity index (χ1v) is 9.31. The Labute approximate surface area is 140 Å². The number of nitrogens with one attached hydrogen (secondary N) is 2. The number of rotatable bonds is 5. The molecule has 0 saturated carbocycles. The summed E-state index contributed by atoms with van der Waals surface area (Å²) in [5, 5.41) is 4.70. The third-order valence-electron chi connectivity index (χ3n) is 3.57. The quantitative estimate of drug-likeness (QED) is 0.756. The van der Waals surface area contributed by atoms with E-state index in [0.29, 0.717) is 0 Å².